The summed E-state index contributed by atoms with van der Waals surface area (Å²) in [5.74, 6) is -0.291. The second-order valence-corrected chi connectivity index (χ2v) is 2.24. The third-order valence-corrected chi connectivity index (χ3v) is 1.46. The summed E-state index contributed by atoms with van der Waals surface area (Å²) in [6.07, 6.45) is 6.01. The molecule has 0 amide bonds. The Morgan fingerprint density at radius 1 is 1.77 bits per heavy atom. The lowest BCUT2D eigenvalue weighted by molar-refractivity contribution is -0.131. The van der Waals surface area contributed by atoms with Crippen LogP contribution >= 0.6 is 12.4 Å². The van der Waals surface area contributed by atoms with Gasteiger partial charge in [0.05, 0.1) is 0 Å². The summed E-state index contributed by atoms with van der Waals surface area (Å²) < 4.78 is 1.86. The molecule has 0 aromatic carbocycles. The van der Waals surface area contributed by atoms with E-state index in [9.17, 15) is 4.79 Å². The van der Waals surface area contributed by atoms with E-state index in [1.54, 1.807) is 6.20 Å². The molecule has 1 rings (SSSR count). The summed E-state index contributed by atoms with van der Waals surface area (Å²) >= 11 is 0. The topological polar surface area (TPSA) is 55.1 Å². The molecule has 13 heavy (non-hydrogen) atoms. The molecule has 0 radical (unpaired) electrons. The molecule has 0 aliphatic carbocycles. The van der Waals surface area contributed by atoms with Crippen LogP contribution in [-0.2, 0) is 11.3 Å². The average molecular weight is 203 g/mol. The molecule has 0 aliphatic heterocycles. The standard InChI is InChI=1S/C8H10N2O2.ClH/c1-2-10-6-5-9-7(10)3-4-8(11)12;/h3-6H,2H2,1H3,(H,11,12);1H/b4-3+;. The van der Waals surface area contributed by atoms with Crippen molar-refractivity contribution in [3.63, 3.8) is 0 Å². The first-order valence-corrected chi connectivity index (χ1v) is 3.66. The quantitative estimate of drug-likeness (QED) is 0.755. The van der Waals surface area contributed by atoms with Gasteiger partial charge >= 0.3 is 5.97 Å². The molecule has 1 heterocycles. The van der Waals surface area contributed by atoms with Crippen molar-refractivity contribution >= 4 is 24.5 Å². The number of aromatic nitrogens is 2. The van der Waals surface area contributed by atoms with Crippen LogP contribution in [-0.4, -0.2) is 20.6 Å². The summed E-state index contributed by atoms with van der Waals surface area (Å²) in [5, 5.41) is 8.35. The Morgan fingerprint density at radius 2 is 2.46 bits per heavy atom. The van der Waals surface area contributed by atoms with E-state index in [0.29, 0.717) is 5.82 Å². The number of hydrogen-bond acceptors (Lipinski definition) is 2. The zero-order chi connectivity index (χ0) is 8.97. The molecule has 0 bridgehead atoms. The van der Waals surface area contributed by atoms with E-state index in [-0.39, 0.29) is 12.4 Å². The van der Waals surface area contributed by atoms with Crippen LogP contribution in [0.5, 0.6) is 0 Å². The van der Waals surface area contributed by atoms with Gasteiger partial charge in [0, 0.05) is 25.0 Å². The molecular weight excluding hydrogens is 192 g/mol. The Balaban J connectivity index is 0.00000144. The van der Waals surface area contributed by atoms with E-state index >= 15 is 0 Å². The number of nitrogens with zero attached hydrogens (tertiary/aromatic N) is 2. The summed E-state index contributed by atoms with van der Waals surface area (Å²) in [6, 6.07) is 0. The molecule has 0 saturated heterocycles. The lowest BCUT2D eigenvalue weighted by Crippen LogP contribution is -1.96. The van der Waals surface area contributed by atoms with Gasteiger partial charge in [0.15, 0.2) is 0 Å². The lowest BCUT2D eigenvalue weighted by atomic mass is 10.4. The third kappa shape index (κ3) is 3.29. The van der Waals surface area contributed by atoms with Crippen molar-refractivity contribution in [3.8, 4) is 0 Å². The summed E-state index contributed by atoms with van der Waals surface area (Å²) in [6.45, 7) is 2.76. The number of carboxylic acid groups (broad SMARTS) is 1. The van der Waals surface area contributed by atoms with Crippen molar-refractivity contribution < 1.29 is 9.90 Å². The monoisotopic (exact) mass is 202 g/mol. The van der Waals surface area contributed by atoms with E-state index in [1.807, 2.05) is 17.7 Å². The maximum absolute atomic E-state index is 10.2. The normalized spacial score (nSPS) is 9.92. The van der Waals surface area contributed by atoms with Crippen LogP contribution < -0.4 is 0 Å². The largest absolute Gasteiger partial charge is 0.478 e. The maximum Gasteiger partial charge on any atom is 0.328 e. The van der Waals surface area contributed by atoms with Crippen LogP contribution in [0.1, 0.15) is 12.7 Å². The van der Waals surface area contributed by atoms with Gasteiger partial charge in [-0.2, -0.15) is 0 Å². The van der Waals surface area contributed by atoms with Gasteiger partial charge in [-0.25, -0.2) is 9.78 Å². The first-order valence-electron chi connectivity index (χ1n) is 3.66. The third-order valence-electron chi connectivity index (χ3n) is 1.46. The molecule has 1 aromatic rings. The Labute approximate surface area is 82.3 Å². The van der Waals surface area contributed by atoms with Crippen molar-refractivity contribution in [3.05, 3.63) is 24.3 Å². The summed E-state index contributed by atoms with van der Waals surface area (Å²) in [5.41, 5.74) is 0. The number of aliphatic carboxylic acids is 1. The Bertz CT molecular complexity index is 307. The van der Waals surface area contributed by atoms with Crippen LogP contribution in [0.2, 0.25) is 0 Å². The van der Waals surface area contributed by atoms with E-state index in [1.165, 1.54) is 6.08 Å². The van der Waals surface area contributed by atoms with Gasteiger partial charge in [-0.05, 0) is 13.0 Å². The highest BCUT2D eigenvalue weighted by Crippen LogP contribution is 1.99. The summed E-state index contributed by atoms with van der Waals surface area (Å²) in [7, 11) is 0. The second-order valence-electron chi connectivity index (χ2n) is 2.24. The van der Waals surface area contributed by atoms with E-state index in [2.05, 4.69) is 4.98 Å². The highest BCUT2D eigenvalue weighted by molar-refractivity contribution is 5.85. The van der Waals surface area contributed by atoms with Gasteiger partial charge in [0.1, 0.15) is 5.82 Å². The van der Waals surface area contributed by atoms with Gasteiger partial charge in [-0.15, -0.1) is 12.4 Å². The fourth-order valence-electron chi connectivity index (χ4n) is 0.893. The van der Waals surface area contributed by atoms with Crippen LogP contribution in [0, 0.1) is 0 Å². The number of carbonyl (C=O) groups is 1. The maximum atomic E-state index is 10.2. The van der Waals surface area contributed by atoms with E-state index in [0.717, 1.165) is 12.6 Å². The molecule has 1 aromatic heterocycles. The molecule has 72 valence electrons. The lowest BCUT2D eigenvalue weighted by Gasteiger charge is -1.97. The smallest absolute Gasteiger partial charge is 0.328 e. The van der Waals surface area contributed by atoms with Crippen LogP contribution in [0.15, 0.2) is 18.5 Å². The van der Waals surface area contributed by atoms with Gasteiger partial charge in [-0.3, -0.25) is 0 Å². The predicted molar refractivity (Wildman–Crippen MR) is 51.8 cm³/mol. The molecule has 0 saturated carbocycles. The van der Waals surface area contributed by atoms with Crippen molar-refractivity contribution in [2.45, 2.75) is 13.5 Å². The van der Waals surface area contributed by atoms with Gasteiger partial charge in [0.2, 0.25) is 0 Å². The van der Waals surface area contributed by atoms with Crippen molar-refractivity contribution in [1.29, 1.82) is 0 Å². The number of rotatable bonds is 3. The van der Waals surface area contributed by atoms with E-state index in [4.69, 9.17) is 5.11 Å². The van der Waals surface area contributed by atoms with Crippen LogP contribution in [0.25, 0.3) is 6.08 Å². The highest BCUT2D eigenvalue weighted by Gasteiger charge is 1.95. The van der Waals surface area contributed by atoms with Crippen LogP contribution in [0.3, 0.4) is 0 Å². The number of aryl methyl sites for hydroxylation is 1. The Hall–Kier alpha value is -1.29. The number of imidazole rings is 1. The van der Waals surface area contributed by atoms with Gasteiger partial charge in [-0.1, -0.05) is 0 Å². The minimum Gasteiger partial charge on any atom is -0.478 e. The molecule has 0 atom stereocenters. The fourth-order valence-corrected chi connectivity index (χ4v) is 0.893. The molecule has 0 spiro atoms. The molecule has 5 heteroatoms. The zero-order valence-corrected chi connectivity index (χ0v) is 7.99. The Kier molecular flexibility index (Phi) is 4.84. The number of halogens is 1. The molecular formula is C8H11ClN2O2. The average Bonchev–Trinajstić information content (AvgIpc) is 2.47. The predicted octanol–water partition coefficient (Wildman–Crippen LogP) is 1.42. The van der Waals surface area contributed by atoms with Crippen molar-refractivity contribution in [1.82, 2.24) is 9.55 Å². The number of hydrogen-bond donors (Lipinski definition) is 1. The first kappa shape index (κ1) is 11.7. The van der Waals surface area contributed by atoms with Crippen molar-refractivity contribution in [2.75, 3.05) is 0 Å². The van der Waals surface area contributed by atoms with Crippen molar-refractivity contribution in [2.24, 2.45) is 0 Å². The highest BCUT2D eigenvalue weighted by atomic mass is 35.5. The molecule has 1 N–H and O–H groups in total. The number of carboxylic acids is 1. The summed E-state index contributed by atoms with van der Waals surface area (Å²) in [4.78, 5) is 14.1. The molecule has 0 unspecified atom stereocenters. The fraction of sp³-hybridized carbons (Fsp3) is 0.250. The molecule has 0 fully saturated rings. The second kappa shape index (κ2) is 5.37. The van der Waals surface area contributed by atoms with E-state index < -0.39 is 5.97 Å². The zero-order valence-electron chi connectivity index (χ0n) is 7.17. The molecule has 4 nitrogen and oxygen atoms in total. The van der Waals surface area contributed by atoms with Crippen LogP contribution in [0.4, 0.5) is 0 Å². The van der Waals surface area contributed by atoms with Gasteiger partial charge in [0.25, 0.3) is 0 Å². The van der Waals surface area contributed by atoms with Gasteiger partial charge < -0.3 is 9.67 Å². The first-order chi connectivity index (χ1) is 5.74. The minimum atomic E-state index is -0.958. The SMILES string of the molecule is CCn1ccnc1/C=C/C(=O)O.Cl. The minimum absolute atomic E-state index is 0. The Morgan fingerprint density at radius 3 is 3.00 bits per heavy atom. The molecule has 0 aliphatic rings.